The van der Waals surface area contributed by atoms with Crippen LogP contribution in [0.3, 0.4) is 0 Å². The molecule has 5 nitrogen and oxygen atoms in total. The Bertz CT molecular complexity index is 476. The summed E-state index contributed by atoms with van der Waals surface area (Å²) < 4.78 is 11.0. The summed E-state index contributed by atoms with van der Waals surface area (Å²) >= 11 is 6.04. The summed E-state index contributed by atoms with van der Waals surface area (Å²) in [5.41, 5.74) is 6.71. The van der Waals surface area contributed by atoms with E-state index in [0.717, 1.165) is 0 Å². The van der Waals surface area contributed by atoms with Crippen molar-refractivity contribution in [1.29, 1.82) is 0 Å². The Hall–Kier alpha value is -1.46. The number of nitrogens with two attached hydrogens (primary N) is 1. The first-order chi connectivity index (χ1) is 9.35. The van der Waals surface area contributed by atoms with Gasteiger partial charge in [0.15, 0.2) is 11.5 Å². The van der Waals surface area contributed by atoms with Crippen LogP contribution in [0.4, 0.5) is 0 Å². The van der Waals surface area contributed by atoms with Crippen molar-refractivity contribution in [2.75, 3.05) is 7.11 Å². The maximum Gasteiger partial charge on any atom is 0.303 e. The molecule has 0 aromatic heterocycles. The topological polar surface area (TPSA) is 81.8 Å². The van der Waals surface area contributed by atoms with Crippen molar-refractivity contribution in [2.45, 2.75) is 38.8 Å². The molecule has 1 unspecified atom stereocenters. The molecule has 20 heavy (non-hydrogen) atoms. The first-order valence-electron chi connectivity index (χ1n) is 6.36. The lowest BCUT2D eigenvalue weighted by atomic mass is 10.0. The third-order valence-electron chi connectivity index (χ3n) is 2.69. The molecule has 0 saturated heterocycles. The van der Waals surface area contributed by atoms with E-state index in [1.165, 1.54) is 7.11 Å². The van der Waals surface area contributed by atoms with Crippen molar-refractivity contribution in [2.24, 2.45) is 5.73 Å². The number of aliphatic carboxylic acids is 1. The van der Waals surface area contributed by atoms with Crippen LogP contribution in [0, 0.1) is 0 Å². The second-order valence-corrected chi connectivity index (χ2v) is 5.17. The summed E-state index contributed by atoms with van der Waals surface area (Å²) in [7, 11) is 1.52. The average Bonchev–Trinajstić information content (AvgIpc) is 2.36. The highest BCUT2D eigenvalue weighted by molar-refractivity contribution is 6.30. The third-order valence-corrected chi connectivity index (χ3v) is 2.91. The summed E-state index contributed by atoms with van der Waals surface area (Å²) in [6.45, 7) is 3.78. The lowest BCUT2D eigenvalue weighted by Gasteiger charge is -2.21. The van der Waals surface area contributed by atoms with Crippen molar-refractivity contribution < 1.29 is 19.4 Å². The molecule has 112 valence electrons. The van der Waals surface area contributed by atoms with E-state index in [2.05, 4.69) is 0 Å². The van der Waals surface area contributed by atoms with Gasteiger partial charge in [-0.1, -0.05) is 11.6 Å². The van der Waals surface area contributed by atoms with Crippen LogP contribution in [0.5, 0.6) is 11.5 Å². The Balaban J connectivity index is 3.13. The van der Waals surface area contributed by atoms with E-state index in [0.29, 0.717) is 28.5 Å². The van der Waals surface area contributed by atoms with E-state index in [1.807, 2.05) is 13.8 Å². The van der Waals surface area contributed by atoms with Gasteiger partial charge in [-0.25, -0.2) is 0 Å². The SMILES string of the molecule is COc1cc(Cl)cc(C(N)CCC(=O)O)c1OC(C)C. The van der Waals surface area contributed by atoms with Crippen molar-refractivity contribution >= 4 is 17.6 Å². The standard InChI is InChI=1S/C14H20ClNO4/c1-8(2)20-14-10(11(16)4-5-13(17)18)6-9(15)7-12(14)19-3/h6-8,11H,4-5,16H2,1-3H3,(H,17,18). The van der Waals surface area contributed by atoms with Gasteiger partial charge in [0.05, 0.1) is 13.2 Å². The lowest BCUT2D eigenvalue weighted by molar-refractivity contribution is -0.137. The molecule has 0 radical (unpaired) electrons. The van der Waals surface area contributed by atoms with Gasteiger partial charge in [-0.2, -0.15) is 0 Å². The largest absolute Gasteiger partial charge is 0.493 e. The number of benzene rings is 1. The van der Waals surface area contributed by atoms with Crippen LogP contribution in [0.25, 0.3) is 0 Å². The van der Waals surface area contributed by atoms with Crippen molar-refractivity contribution in [1.82, 2.24) is 0 Å². The monoisotopic (exact) mass is 301 g/mol. The molecule has 6 heteroatoms. The van der Waals surface area contributed by atoms with Crippen LogP contribution < -0.4 is 15.2 Å². The zero-order chi connectivity index (χ0) is 15.3. The average molecular weight is 302 g/mol. The maximum atomic E-state index is 10.7. The fourth-order valence-electron chi connectivity index (χ4n) is 1.81. The third kappa shape index (κ3) is 4.58. The highest BCUT2D eigenvalue weighted by Crippen LogP contribution is 2.39. The van der Waals surface area contributed by atoms with Crippen molar-refractivity contribution in [3.05, 3.63) is 22.7 Å². The molecule has 0 saturated carbocycles. The quantitative estimate of drug-likeness (QED) is 0.809. The van der Waals surface area contributed by atoms with Gasteiger partial charge in [-0.3, -0.25) is 4.79 Å². The molecule has 1 aromatic carbocycles. The van der Waals surface area contributed by atoms with E-state index in [-0.39, 0.29) is 12.5 Å². The maximum absolute atomic E-state index is 10.7. The number of rotatable bonds is 7. The van der Waals surface area contributed by atoms with Gasteiger partial charge in [0.1, 0.15) is 0 Å². The second-order valence-electron chi connectivity index (χ2n) is 4.73. The summed E-state index contributed by atoms with van der Waals surface area (Å²) in [5, 5.41) is 9.21. The van der Waals surface area contributed by atoms with Gasteiger partial charge >= 0.3 is 5.97 Å². The fourth-order valence-corrected chi connectivity index (χ4v) is 2.03. The summed E-state index contributed by atoms with van der Waals surface area (Å²) in [5.74, 6) is 0.123. The molecular formula is C14H20ClNO4. The van der Waals surface area contributed by atoms with Gasteiger partial charge in [-0.15, -0.1) is 0 Å². The van der Waals surface area contributed by atoms with Gasteiger partial charge < -0.3 is 20.3 Å². The molecule has 0 heterocycles. The number of hydrogen-bond acceptors (Lipinski definition) is 4. The van der Waals surface area contributed by atoms with E-state index in [9.17, 15) is 4.79 Å². The van der Waals surface area contributed by atoms with Gasteiger partial charge in [0, 0.05) is 29.1 Å². The number of hydrogen-bond donors (Lipinski definition) is 2. The van der Waals surface area contributed by atoms with Crippen LogP contribution in [0.1, 0.15) is 38.3 Å². The molecule has 3 N–H and O–H groups in total. The van der Waals surface area contributed by atoms with E-state index in [4.69, 9.17) is 31.9 Å². The molecular weight excluding hydrogens is 282 g/mol. The first-order valence-corrected chi connectivity index (χ1v) is 6.74. The number of carboxylic acids is 1. The Morgan fingerprint density at radius 1 is 1.45 bits per heavy atom. The number of methoxy groups -OCH3 is 1. The Morgan fingerprint density at radius 2 is 2.10 bits per heavy atom. The van der Waals surface area contributed by atoms with Gasteiger partial charge in [-0.05, 0) is 26.3 Å². The van der Waals surface area contributed by atoms with Crippen molar-refractivity contribution in [3.63, 3.8) is 0 Å². The smallest absolute Gasteiger partial charge is 0.303 e. The van der Waals surface area contributed by atoms with Crippen LogP contribution in [0.15, 0.2) is 12.1 Å². The summed E-state index contributed by atoms with van der Waals surface area (Å²) in [6.07, 6.45) is 0.222. The van der Waals surface area contributed by atoms with Gasteiger partial charge in [0.25, 0.3) is 0 Å². The molecule has 1 rings (SSSR count). The molecule has 0 aliphatic carbocycles. The molecule has 0 bridgehead atoms. The zero-order valence-electron chi connectivity index (χ0n) is 11.9. The number of halogens is 1. The molecule has 0 amide bonds. The zero-order valence-corrected chi connectivity index (χ0v) is 12.6. The predicted molar refractivity (Wildman–Crippen MR) is 77.6 cm³/mol. The van der Waals surface area contributed by atoms with Crippen LogP contribution in [-0.2, 0) is 4.79 Å². The van der Waals surface area contributed by atoms with E-state index < -0.39 is 12.0 Å². The number of carboxylic acid groups (broad SMARTS) is 1. The Labute approximate surface area is 123 Å². The first kappa shape index (κ1) is 16.6. The number of ether oxygens (including phenoxy) is 2. The molecule has 1 aromatic rings. The minimum atomic E-state index is -0.888. The van der Waals surface area contributed by atoms with Crippen molar-refractivity contribution in [3.8, 4) is 11.5 Å². The Kier molecular flexibility index (Phi) is 6.10. The number of carbonyl (C=O) groups is 1. The molecule has 0 aliphatic heterocycles. The molecule has 1 atom stereocenters. The predicted octanol–water partition coefficient (Wildman–Crippen LogP) is 3.00. The molecule has 0 fully saturated rings. The Morgan fingerprint density at radius 3 is 2.60 bits per heavy atom. The van der Waals surface area contributed by atoms with E-state index in [1.54, 1.807) is 12.1 Å². The highest BCUT2D eigenvalue weighted by atomic mass is 35.5. The van der Waals surface area contributed by atoms with Gasteiger partial charge in [0.2, 0.25) is 0 Å². The highest BCUT2D eigenvalue weighted by Gasteiger charge is 2.20. The second kappa shape index (κ2) is 7.36. The summed E-state index contributed by atoms with van der Waals surface area (Å²) in [6, 6.07) is 2.86. The fraction of sp³-hybridized carbons (Fsp3) is 0.500. The normalized spacial score (nSPS) is 12.3. The van der Waals surface area contributed by atoms with Crippen LogP contribution >= 0.6 is 11.6 Å². The minimum absolute atomic E-state index is 0.0168. The van der Waals surface area contributed by atoms with Crippen LogP contribution in [0.2, 0.25) is 5.02 Å². The van der Waals surface area contributed by atoms with E-state index >= 15 is 0 Å². The molecule has 0 spiro atoms. The van der Waals surface area contributed by atoms with Crippen LogP contribution in [-0.4, -0.2) is 24.3 Å². The lowest BCUT2D eigenvalue weighted by Crippen LogP contribution is -2.16. The molecule has 0 aliphatic rings. The minimum Gasteiger partial charge on any atom is -0.493 e. The summed E-state index contributed by atoms with van der Waals surface area (Å²) in [4.78, 5) is 10.7.